The van der Waals surface area contributed by atoms with E-state index in [4.69, 9.17) is 9.84 Å². The number of carboxylic acids is 1. The predicted molar refractivity (Wildman–Crippen MR) is 71.7 cm³/mol. The molecule has 0 atom stereocenters. The summed E-state index contributed by atoms with van der Waals surface area (Å²) in [6.45, 7) is 1.12. The highest BCUT2D eigenvalue weighted by Crippen LogP contribution is 2.45. The maximum absolute atomic E-state index is 11.0. The highest BCUT2D eigenvalue weighted by Gasteiger charge is 2.49. The van der Waals surface area contributed by atoms with Gasteiger partial charge in [0.15, 0.2) is 0 Å². The van der Waals surface area contributed by atoms with E-state index in [1.165, 1.54) is 0 Å². The van der Waals surface area contributed by atoms with Gasteiger partial charge in [0.05, 0.1) is 12.5 Å². The van der Waals surface area contributed by atoms with Crippen LogP contribution in [0, 0.1) is 5.41 Å². The van der Waals surface area contributed by atoms with Gasteiger partial charge in [0.2, 0.25) is 0 Å². The summed E-state index contributed by atoms with van der Waals surface area (Å²) in [5, 5.41) is 12.3. The van der Waals surface area contributed by atoms with Crippen molar-refractivity contribution in [1.29, 1.82) is 0 Å². The van der Waals surface area contributed by atoms with E-state index < -0.39 is 11.4 Å². The monoisotopic (exact) mass is 313 g/mol. The van der Waals surface area contributed by atoms with Crippen molar-refractivity contribution < 1.29 is 14.6 Å². The molecule has 0 spiro atoms. The minimum absolute atomic E-state index is 0.512. The quantitative estimate of drug-likeness (QED) is 0.846. The lowest BCUT2D eigenvalue weighted by molar-refractivity contribution is -0.143. The first-order chi connectivity index (χ1) is 8.57. The lowest BCUT2D eigenvalue weighted by Crippen LogP contribution is -2.29. The number of halogens is 1. The van der Waals surface area contributed by atoms with Gasteiger partial charge in [-0.2, -0.15) is 0 Å². The Hall–Kier alpha value is -1.07. The molecule has 1 aromatic carbocycles. The molecular formula is C13H16BrNO3. The Balaban J connectivity index is 1.94. The van der Waals surface area contributed by atoms with E-state index in [2.05, 4.69) is 21.2 Å². The van der Waals surface area contributed by atoms with Crippen molar-refractivity contribution in [2.45, 2.75) is 19.4 Å². The maximum Gasteiger partial charge on any atom is 0.310 e. The van der Waals surface area contributed by atoms with Gasteiger partial charge in [0.25, 0.3) is 0 Å². The Morgan fingerprint density at radius 1 is 1.56 bits per heavy atom. The fraction of sp³-hybridized carbons (Fsp3) is 0.462. The number of carbonyl (C=O) groups is 1. The molecule has 0 amide bonds. The van der Waals surface area contributed by atoms with Gasteiger partial charge < -0.3 is 15.2 Å². The summed E-state index contributed by atoms with van der Waals surface area (Å²) >= 11 is 3.42. The van der Waals surface area contributed by atoms with Gasteiger partial charge in [-0.15, -0.1) is 0 Å². The van der Waals surface area contributed by atoms with Crippen LogP contribution in [0.1, 0.15) is 18.4 Å². The first-order valence-electron chi connectivity index (χ1n) is 5.84. The summed E-state index contributed by atoms with van der Waals surface area (Å²) in [7, 11) is 1.63. The summed E-state index contributed by atoms with van der Waals surface area (Å²) in [5.41, 5.74) is 0.493. The van der Waals surface area contributed by atoms with Crippen LogP contribution in [-0.2, 0) is 11.3 Å². The van der Waals surface area contributed by atoms with Crippen molar-refractivity contribution in [3.05, 3.63) is 28.2 Å². The Kier molecular flexibility index (Phi) is 3.92. The lowest BCUT2D eigenvalue weighted by Gasteiger charge is -2.13. The lowest BCUT2D eigenvalue weighted by atomic mass is 10.1. The number of benzene rings is 1. The van der Waals surface area contributed by atoms with Crippen molar-refractivity contribution in [1.82, 2.24) is 5.32 Å². The molecule has 18 heavy (non-hydrogen) atoms. The Bertz CT molecular complexity index is 458. The van der Waals surface area contributed by atoms with Crippen LogP contribution in [0.3, 0.4) is 0 Å². The first kappa shape index (κ1) is 13.4. The molecule has 0 unspecified atom stereocenters. The fourth-order valence-electron chi connectivity index (χ4n) is 1.94. The molecule has 1 aromatic rings. The van der Waals surface area contributed by atoms with Crippen molar-refractivity contribution in [3.8, 4) is 5.75 Å². The van der Waals surface area contributed by atoms with E-state index >= 15 is 0 Å². The van der Waals surface area contributed by atoms with Crippen LogP contribution in [0.25, 0.3) is 0 Å². The molecule has 98 valence electrons. The molecule has 2 N–H and O–H groups in total. The molecule has 2 rings (SSSR count). The fourth-order valence-corrected chi connectivity index (χ4v) is 2.35. The number of carboxylic acid groups (broad SMARTS) is 1. The summed E-state index contributed by atoms with van der Waals surface area (Å²) in [6, 6.07) is 5.79. The van der Waals surface area contributed by atoms with Crippen molar-refractivity contribution in [2.75, 3.05) is 13.7 Å². The molecule has 1 aliphatic rings. The smallest absolute Gasteiger partial charge is 0.310 e. The van der Waals surface area contributed by atoms with E-state index in [1.807, 2.05) is 18.2 Å². The zero-order chi connectivity index (χ0) is 13.2. The molecule has 4 nitrogen and oxygen atoms in total. The molecule has 1 aliphatic carbocycles. The second-order valence-corrected chi connectivity index (χ2v) is 5.56. The minimum atomic E-state index is -0.698. The molecule has 5 heteroatoms. The van der Waals surface area contributed by atoms with Gasteiger partial charge in [-0.25, -0.2) is 0 Å². The molecule has 1 saturated carbocycles. The molecule has 0 bridgehead atoms. The average molecular weight is 314 g/mol. The van der Waals surface area contributed by atoms with Crippen LogP contribution in [0.4, 0.5) is 0 Å². The Labute approximate surface area is 114 Å². The highest BCUT2D eigenvalue weighted by atomic mass is 79.9. The SMILES string of the molecule is COc1ccc(Br)cc1CNCC1(C(=O)O)CC1. The highest BCUT2D eigenvalue weighted by molar-refractivity contribution is 9.10. The number of hydrogen-bond donors (Lipinski definition) is 2. The number of methoxy groups -OCH3 is 1. The van der Waals surface area contributed by atoms with Crippen molar-refractivity contribution >= 4 is 21.9 Å². The van der Waals surface area contributed by atoms with Gasteiger partial charge in [0, 0.05) is 23.1 Å². The van der Waals surface area contributed by atoms with E-state index in [-0.39, 0.29) is 0 Å². The van der Waals surface area contributed by atoms with Crippen LogP contribution in [0.15, 0.2) is 22.7 Å². The van der Waals surface area contributed by atoms with Crippen molar-refractivity contribution in [3.63, 3.8) is 0 Å². The van der Waals surface area contributed by atoms with Crippen LogP contribution in [-0.4, -0.2) is 24.7 Å². The summed E-state index contributed by atoms with van der Waals surface area (Å²) in [4.78, 5) is 11.0. The predicted octanol–water partition coefficient (Wildman–Crippen LogP) is 2.41. The summed E-state index contributed by atoms with van der Waals surface area (Å²) in [6.07, 6.45) is 1.54. The van der Waals surface area contributed by atoms with E-state index in [0.29, 0.717) is 13.1 Å². The van der Waals surface area contributed by atoms with Gasteiger partial charge >= 0.3 is 5.97 Å². The molecule has 0 radical (unpaired) electrons. The molecular weight excluding hydrogens is 298 g/mol. The molecule has 0 aliphatic heterocycles. The number of hydrogen-bond acceptors (Lipinski definition) is 3. The molecule has 0 aromatic heterocycles. The van der Waals surface area contributed by atoms with Crippen molar-refractivity contribution in [2.24, 2.45) is 5.41 Å². The first-order valence-corrected chi connectivity index (χ1v) is 6.63. The zero-order valence-electron chi connectivity index (χ0n) is 10.2. The minimum Gasteiger partial charge on any atom is -0.496 e. The number of rotatable bonds is 6. The third kappa shape index (κ3) is 2.84. The summed E-state index contributed by atoms with van der Waals surface area (Å²) < 4.78 is 6.25. The normalized spacial score (nSPS) is 16.3. The van der Waals surface area contributed by atoms with Crippen LogP contribution >= 0.6 is 15.9 Å². The largest absolute Gasteiger partial charge is 0.496 e. The van der Waals surface area contributed by atoms with Crippen LogP contribution in [0.5, 0.6) is 5.75 Å². The third-order valence-corrected chi connectivity index (χ3v) is 3.82. The second-order valence-electron chi connectivity index (χ2n) is 4.65. The standard InChI is InChI=1S/C13H16BrNO3/c1-18-11-3-2-10(14)6-9(11)7-15-8-13(4-5-13)12(16)17/h2-3,6,15H,4-5,7-8H2,1H3,(H,16,17). The van der Waals surface area contributed by atoms with Gasteiger partial charge in [-0.05, 0) is 31.0 Å². The number of ether oxygens (including phenoxy) is 1. The average Bonchev–Trinajstić information content (AvgIpc) is 3.10. The molecule has 1 fully saturated rings. The maximum atomic E-state index is 11.0. The third-order valence-electron chi connectivity index (χ3n) is 3.33. The second kappa shape index (κ2) is 5.28. The summed E-state index contributed by atoms with van der Waals surface area (Å²) in [5.74, 6) is 0.113. The Morgan fingerprint density at radius 3 is 2.83 bits per heavy atom. The number of nitrogens with one attached hydrogen (secondary N) is 1. The number of aliphatic carboxylic acids is 1. The molecule has 0 saturated heterocycles. The molecule has 0 heterocycles. The van der Waals surface area contributed by atoms with Crippen LogP contribution in [0.2, 0.25) is 0 Å². The topological polar surface area (TPSA) is 58.6 Å². The van der Waals surface area contributed by atoms with Gasteiger partial charge in [0.1, 0.15) is 5.75 Å². The zero-order valence-corrected chi connectivity index (χ0v) is 11.8. The van der Waals surface area contributed by atoms with Gasteiger partial charge in [-0.3, -0.25) is 4.79 Å². The van der Waals surface area contributed by atoms with E-state index in [0.717, 1.165) is 28.6 Å². The Morgan fingerprint density at radius 2 is 2.28 bits per heavy atom. The van der Waals surface area contributed by atoms with Gasteiger partial charge in [-0.1, -0.05) is 15.9 Å². The van der Waals surface area contributed by atoms with E-state index in [9.17, 15) is 4.79 Å². The van der Waals surface area contributed by atoms with E-state index in [1.54, 1.807) is 7.11 Å². The van der Waals surface area contributed by atoms with Crippen LogP contribution < -0.4 is 10.1 Å².